The maximum atomic E-state index is 10.1. The number of hydrogen-bond donors (Lipinski definition) is 1. The first-order valence-corrected chi connectivity index (χ1v) is 6.17. The molecule has 0 amide bonds. The molecule has 16 heavy (non-hydrogen) atoms. The van der Waals surface area contributed by atoms with Crippen LogP contribution in [0.3, 0.4) is 0 Å². The lowest BCUT2D eigenvalue weighted by atomic mass is 10.0. The lowest BCUT2D eigenvalue weighted by molar-refractivity contribution is 0.0808. The third-order valence-electron chi connectivity index (χ3n) is 3.25. The summed E-state index contributed by atoms with van der Waals surface area (Å²) in [7, 11) is 0. The van der Waals surface area contributed by atoms with Crippen LogP contribution >= 0.6 is 0 Å². The van der Waals surface area contributed by atoms with Crippen molar-refractivity contribution in [3.8, 4) is 0 Å². The number of ether oxygens (including phenoxy) is 1. The molecule has 1 N–H and O–H groups in total. The molecule has 3 nitrogen and oxygen atoms in total. The van der Waals surface area contributed by atoms with Gasteiger partial charge in [-0.15, -0.1) is 0 Å². The van der Waals surface area contributed by atoms with E-state index in [2.05, 4.69) is 0 Å². The number of furan rings is 1. The third kappa shape index (κ3) is 2.66. The molecular formula is C13H20O3. The smallest absolute Gasteiger partial charge is 0.109 e. The first-order chi connectivity index (χ1) is 7.81. The second kappa shape index (κ2) is 5.51. The summed E-state index contributed by atoms with van der Waals surface area (Å²) in [5.41, 5.74) is 0.945. The number of hydrogen-bond acceptors (Lipinski definition) is 3. The number of aliphatic hydroxyl groups is 1. The van der Waals surface area contributed by atoms with Gasteiger partial charge in [0, 0.05) is 18.6 Å². The highest BCUT2D eigenvalue weighted by Crippen LogP contribution is 2.26. The molecule has 1 aromatic rings. The third-order valence-corrected chi connectivity index (χ3v) is 3.25. The topological polar surface area (TPSA) is 42.6 Å². The highest BCUT2D eigenvalue weighted by Gasteiger charge is 2.19. The van der Waals surface area contributed by atoms with Crippen molar-refractivity contribution in [2.45, 2.75) is 51.2 Å². The normalized spacial score (nSPS) is 22.5. The van der Waals surface area contributed by atoms with E-state index in [1.165, 1.54) is 0 Å². The highest BCUT2D eigenvalue weighted by molar-refractivity contribution is 5.19. The second-order valence-electron chi connectivity index (χ2n) is 4.38. The summed E-state index contributed by atoms with van der Waals surface area (Å²) in [5, 5.41) is 10.1. The van der Waals surface area contributed by atoms with Crippen molar-refractivity contribution in [1.82, 2.24) is 0 Å². The number of aryl methyl sites for hydroxylation is 1. The zero-order valence-electron chi connectivity index (χ0n) is 9.82. The van der Waals surface area contributed by atoms with Crippen LogP contribution in [0.4, 0.5) is 0 Å². The molecule has 1 fully saturated rings. The molecule has 2 atom stereocenters. The van der Waals surface area contributed by atoms with Crippen molar-refractivity contribution < 1.29 is 14.3 Å². The van der Waals surface area contributed by atoms with Crippen LogP contribution in [0, 0.1) is 0 Å². The summed E-state index contributed by atoms with van der Waals surface area (Å²) >= 11 is 0. The molecule has 1 aromatic heterocycles. The minimum atomic E-state index is -0.405. The van der Waals surface area contributed by atoms with Crippen LogP contribution in [0.25, 0.3) is 0 Å². The number of aliphatic hydroxyl groups excluding tert-OH is 1. The Labute approximate surface area is 96.4 Å². The average Bonchev–Trinajstić information content (AvgIpc) is 2.96. The SMILES string of the molecule is CCc1occc1C(O)CCC1CCCO1. The van der Waals surface area contributed by atoms with Crippen LogP contribution in [0.5, 0.6) is 0 Å². The fraction of sp³-hybridized carbons (Fsp3) is 0.692. The van der Waals surface area contributed by atoms with Crippen LogP contribution in [0.1, 0.15) is 50.0 Å². The van der Waals surface area contributed by atoms with Gasteiger partial charge >= 0.3 is 0 Å². The van der Waals surface area contributed by atoms with E-state index < -0.39 is 6.10 Å². The van der Waals surface area contributed by atoms with Crippen LogP contribution in [-0.2, 0) is 11.2 Å². The second-order valence-corrected chi connectivity index (χ2v) is 4.38. The van der Waals surface area contributed by atoms with Crippen molar-refractivity contribution in [1.29, 1.82) is 0 Å². The lowest BCUT2D eigenvalue weighted by Crippen LogP contribution is -2.08. The quantitative estimate of drug-likeness (QED) is 0.836. The van der Waals surface area contributed by atoms with Crippen molar-refractivity contribution in [2.24, 2.45) is 0 Å². The summed E-state index contributed by atoms with van der Waals surface area (Å²) in [5.74, 6) is 0.903. The van der Waals surface area contributed by atoms with E-state index in [1.807, 2.05) is 13.0 Å². The van der Waals surface area contributed by atoms with E-state index in [-0.39, 0.29) is 0 Å². The molecule has 0 saturated carbocycles. The van der Waals surface area contributed by atoms with Gasteiger partial charge in [-0.25, -0.2) is 0 Å². The molecule has 3 heteroatoms. The minimum absolute atomic E-state index is 0.353. The molecule has 0 spiro atoms. The van der Waals surface area contributed by atoms with Crippen molar-refractivity contribution >= 4 is 0 Å². The first kappa shape index (κ1) is 11.7. The highest BCUT2D eigenvalue weighted by atomic mass is 16.5. The fourth-order valence-corrected chi connectivity index (χ4v) is 2.31. The van der Waals surface area contributed by atoms with Gasteiger partial charge in [-0.3, -0.25) is 0 Å². The van der Waals surface area contributed by atoms with Crippen LogP contribution in [-0.4, -0.2) is 17.8 Å². The Balaban J connectivity index is 1.84. The van der Waals surface area contributed by atoms with Crippen LogP contribution in [0.15, 0.2) is 16.7 Å². The Morgan fingerprint density at radius 1 is 1.56 bits per heavy atom. The molecule has 0 bridgehead atoms. The summed E-state index contributed by atoms with van der Waals surface area (Å²) in [6.07, 6.45) is 6.44. The van der Waals surface area contributed by atoms with E-state index in [0.717, 1.165) is 50.0 Å². The van der Waals surface area contributed by atoms with Gasteiger partial charge in [0.25, 0.3) is 0 Å². The molecule has 90 valence electrons. The number of rotatable bonds is 5. The zero-order chi connectivity index (χ0) is 11.4. The van der Waals surface area contributed by atoms with Crippen molar-refractivity contribution in [2.75, 3.05) is 6.61 Å². The zero-order valence-corrected chi connectivity index (χ0v) is 9.82. The largest absolute Gasteiger partial charge is 0.469 e. The molecule has 1 saturated heterocycles. The van der Waals surface area contributed by atoms with Gasteiger partial charge in [0.2, 0.25) is 0 Å². The first-order valence-electron chi connectivity index (χ1n) is 6.17. The van der Waals surface area contributed by atoms with E-state index in [4.69, 9.17) is 9.15 Å². The maximum absolute atomic E-state index is 10.1. The van der Waals surface area contributed by atoms with E-state index in [0.29, 0.717) is 6.10 Å². The molecule has 1 aliphatic heterocycles. The predicted molar refractivity (Wildman–Crippen MR) is 61.3 cm³/mol. The Morgan fingerprint density at radius 3 is 3.12 bits per heavy atom. The van der Waals surface area contributed by atoms with Crippen molar-refractivity contribution in [3.05, 3.63) is 23.7 Å². The van der Waals surface area contributed by atoms with Gasteiger partial charge < -0.3 is 14.3 Å². The summed E-state index contributed by atoms with van der Waals surface area (Å²) < 4.78 is 10.9. The monoisotopic (exact) mass is 224 g/mol. The maximum Gasteiger partial charge on any atom is 0.109 e. The Morgan fingerprint density at radius 2 is 2.44 bits per heavy atom. The standard InChI is InChI=1S/C13H20O3/c1-2-13-11(7-9-16-13)12(14)6-5-10-4-3-8-15-10/h7,9-10,12,14H,2-6,8H2,1H3. The van der Waals surface area contributed by atoms with Gasteiger partial charge in [0.1, 0.15) is 5.76 Å². The fourth-order valence-electron chi connectivity index (χ4n) is 2.31. The molecule has 1 aliphatic rings. The van der Waals surface area contributed by atoms with Gasteiger partial charge in [0.15, 0.2) is 0 Å². The van der Waals surface area contributed by atoms with Crippen LogP contribution < -0.4 is 0 Å². The Hall–Kier alpha value is -0.800. The molecule has 0 aromatic carbocycles. The van der Waals surface area contributed by atoms with Gasteiger partial charge in [-0.2, -0.15) is 0 Å². The molecular weight excluding hydrogens is 204 g/mol. The Kier molecular flexibility index (Phi) is 4.02. The van der Waals surface area contributed by atoms with E-state index in [9.17, 15) is 5.11 Å². The average molecular weight is 224 g/mol. The molecule has 0 radical (unpaired) electrons. The van der Waals surface area contributed by atoms with E-state index in [1.54, 1.807) is 6.26 Å². The van der Waals surface area contributed by atoms with Gasteiger partial charge in [-0.05, 0) is 31.7 Å². The molecule has 2 unspecified atom stereocenters. The lowest BCUT2D eigenvalue weighted by Gasteiger charge is -2.13. The molecule has 2 heterocycles. The Bertz CT molecular complexity index is 313. The summed E-state index contributed by atoms with van der Waals surface area (Å²) in [4.78, 5) is 0. The van der Waals surface area contributed by atoms with Gasteiger partial charge in [-0.1, -0.05) is 6.92 Å². The van der Waals surface area contributed by atoms with Crippen molar-refractivity contribution in [3.63, 3.8) is 0 Å². The summed E-state index contributed by atoms with van der Waals surface area (Å²) in [6.45, 7) is 2.92. The molecule has 0 aliphatic carbocycles. The van der Waals surface area contributed by atoms with E-state index >= 15 is 0 Å². The predicted octanol–water partition coefficient (Wildman–Crippen LogP) is 2.83. The van der Waals surface area contributed by atoms with Gasteiger partial charge in [0.05, 0.1) is 18.5 Å². The van der Waals surface area contributed by atoms with Crippen LogP contribution in [0.2, 0.25) is 0 Å². The summed E-state index contributed by atoms with van der Waals surface area (Å²) in [6, 6.07) is 1.87. The molecule has 2 rings (SSSR count). The minimum Gasteiger partial charge on any atom is -0.469 e.